The smallest absolute Gasteiger partial charge is 0.306 e. The van der Waals surface area contributed by atoms with Gasteiger partial charge in [-0.25, -0.2) is 0 Å². The van der Waals surface area contributed by atoms with Crippen LogP contribution in [0.2, 0.25) is 0 Å². The Morgan fingerprint density at radius 1 is 0.500 bits per heavy atom. The van der Waals surface area contributed by atoms with Gasteiger partial charge in [0, 0.05) is 12.8 Å². The third kappa shape index (κ3) is 33.6. The topological polar surface area (TPSA) is 52.6 Å². The molecule has 0 aromatic heterocycles. The Morgan fingerprint density at radius 3 is 1.23 bits per heavy atom. The summed E-state index contributed by atoms with van der Waals surface area (Å²) >= 11 is 5.96. The van der Waals surface area contributed by atoms with E-state index in [2.05, 4.69) is 38.2 Å². The molecule has 4 nitrogen and oxygen atoms in total. The van der Waals surface area contributed by atoms with Gasteiger partial charge < -0.3 is 9.47 Å². The highest BCUT2D eigenvalue weighted by Crippen LogP contribution is 2.13. The van der Waals surface area contributed by atoms with E-state index in [0.29, 0.717) is 12.8 Å². The van der Waals surface area contributed by atoms with Gasteiger partial charge in [-0.3, -0.25) is 9.59 Å². The van der Waals surface area contributed by atoms with Crippen LogP contribution in [0.3, 0.4) is 0 Å². The number of unbranched alkanes of at least 4 members (excludes halogenated alkanes) is 22. The highest BCUT2D eigenvalue weighted by molar-refractivity contribution is 6.18. The van der Waals surface area contributed by atoms with E-state index < -0.39 is 6.10 Å². The molecule has 5 heteroatoms. The predicted octanol–water partition coefficient (Wildman–Crippen LogP) is 12.8. The first-order chi connectivity index (χ1) is 21.6. The lowest BCUT2D eigenvalue weighted by molar-refractivity contribution is -0.157. The zero-order valence-electron chi connectivity index (χ0n) is 29.1. The van der Waals surface area contributed by atoms with Gasteiger partial charge in [-0.05, 0) is 64.2 Å². The zero-order valence-corrected chi connectivity index (χ0v) is 29.9. The molecule has 0 spiro atoms. The van der Waals surface area contributed by atoms with Crippen LogP contribution in [0.4, 0.5) is 0 Å². The molecule has 0 heterocycles. The summed E-state index contributed by atoms with van der Waals surface area (Å²) in [4.78, 5) is 24.3. The quantitative estimate of drug-likeness (QED) is 0.0304. The van der Waals surface area contributed by atoms with Gasteiger partial charge in [0.25, 0.3) is 0 Å². The number of alkyl halides is 1. The van der Waals surface area contributed by atoms with Crippen molar-refractivity contribution in [2.24, 2.45) is 0 Å². The number of ether oxygens (including phenoxy) is 2. The fourth-order valence-corrected chi connectivity index (χ4v) is 5.45. The molecular formula is C39H71ClO4. The van der Waals surface area contributed by atoms with E-state index in [1.54, 1.807) is 0 Å². The molecule has 0 unspecified atom stereocenters. The Morgan fingerprint density at radius 2 is 0.841 bits per heavy atom. The van der Waals surface area contributed by atoms with Crippen molar-refractivity contribution in [1.29, 1.82) is 0 Å². The molecule has 0 fully saturated rings. The minimum Gasteiger partial charge on any atom is -0.462 e. The van der Waals surface area contributed by atoms with Crippen molar-refractivity contribution < 1.29 is 19.1 Å². The molecule has 44 heavy (non-hydrogen) atoms. The molecule has 0 aromatic rings. The Hall–Kier alpha value is -1.29. The minimum atomic E-state index is -0.564. The number of carbonyl (C=O) groups is 2. The fraction of sp³-hybridized carbons (Fsp3) is 0.846. The van der Waals surface area contributed by atoms with Crippen molar-refractivity contribution in [3.8, 4) is 0 Å². The van der Waals surface area contributed by atoms with E-state index in [9.17, 15) is 9.59 Å². The molecule has 0 aliphatic carbocycles. The monoisotopic (exact) mass is 639 g/mol. The summed E-state index contributed by atoms with van der Waals surface area (Å²) in [5.41, 5.74) is 0. The molecule has 0 amide bonds. The summed E-state index contributed by atoms with van der Waals surface area (Å²) in [5.74, 6) is -0.341. The van der Waals surface area contributed by atoms with Crippen molar-refractivity contribution in [3.63, 3.8) is 0 Å². The molecule has 0 bridgehead atoms. The lowest BCUT2D eigenvalue weighted by Crippen LogP contribution is -2.26. The van der Waals surface area contributed by atoms with Gasteiger partial charge in [-0.2, -0.15) is 0 Å². The third-order valence-corrected chi connectivity index (χ3v) is 8.53. The molecule has 0 aliphatic heterocycles. The van der Waals surface area contributed by atoms with Crippen LogP contribution in [0.5, 0.6) is 0 Å². The van der Waals surface area contributed by atoms with Crippen LogP contribution in [-0.4, -0.2) is 30.5 Å². The molecule has 0 aliphatic rings. The number of allylic oxidation sites excluding steroid dienone is 4. The van der Waals surface area contributed by atoms with E-state index >= 15 is 0 Å². The van der Waals surface area contributed by atoms with Gasteiger partial charge in [0.1, 0.15) is 12.7 Å². The van der Waals surface area contributed by atoms with Crippen LogP contribution >= 0.6 is 11.6 Å². The molecular weight excluding hydrogens is 568 g/mol. The number of hydrogen-bond acceptors (Lipinski definition) is 4. The van der Waals surface area contributed by atoms with E-state index in [4.69, 9.17) is 21.1 Å². The second kappa shape index (κ2) is 36.2. The van der Waals surface area contributed by atoms with E-state index in [1.807, 2.05) is 0 Å². The van der Waals surface area contributed by atoms with Gasteiger partial charge in [0.15, 0.2) is 0 Å². The number of halogens is 1. The average Bonchev–Trinajstić information content (AvgIpc) is 3.02. The maximum Gasteiger partial charge on any atom is 0.306 e. The maximum absolute atomic E-state index is 12.2. The van der Waals surface area contributed by atoms with E-state index in [0.717, 1.165) is 51.4 Å². The first kappa shape index (κ1) is 42.7. The van der Waals surface area contributed by atoms with Crippen LogP contribution < -0.4 is 0 Å². The van der Waals surface area contributed by atoms with Gasteiger partial charge in [0.05, 0.1) is 5.88 Å². The van der Waals surface area contributed by atoms with Crippen LogP contribution in [0.15, 0.2) is 24.3 Å². The first-order valence-electron chi connectivity index (χ1n) is 18.8. The number of rotatable bonds is 34. The molecule has 0 radical (unpaired) electrons. The largest absolute Gasteiger partial charge is 0.462 e. The Kier molecular flexibility index (Phi) is 35.1. The summed E-state index contributed by atoms with van der Waals surface area (Å²) in [6.07, 6.45) is 41.5. The van der Waals surface area contributed by atoms with Crippen LogP contribution in [0, 0.1) is 0 Å². The summed E-state index contributed by atoms with van der Waals surface area (Å²) < 4.78 is 10.8. The number of esters is 2. The summed E-state index contributed by atoms with van der Waals surface area (Å²) in [5, 5.41) is 0. The zero-order chi connectivity index (χ0) is 32.2. The SMILES string of the molecule is CCCCCCCCC=CCCCCCCCC(=O)OC[C@@H](CCl)OC(=O)CCCCCCCC=CCCCCCCCC. The van der Waals surface area contributed by atoms with Crippen LogP contribution in [-0.2, 0) is 19.1 Å². The lowest BCUT2D eigenvalue weighted by atomic mass is 10.1. The molecule has 0 rings (SSSR count). The molecule has 0 aromatic carbocycles. The Labute approximate surface area is 278 Å². The second-order valence-electron chi connectivity index (χ2n) is 12.6. The number of hydrogen-bond donors (Lipinski definition) is 0. The van der Waals surface area contributed by atoms with E-state index in [1.165, 1.54) is 116 Å². The average molecular weight is 639 g/mol. The van der Waals surface area contributed by atoms with Crippen LogP contribution in [0.25, 0.3) is 0 Å². The molecule has 0 N–H and O–H groups in total. The van der Waals surface area contributed by atoms with E-state index in [-0.39, 0.29) is 24.4 Å². The van der Waals surface area contributed by atoms with Crippen LogP contribution in [0.1, 0.15) is 194 Å². The van der Waals surface area contributed by atoms with Gasteiger partial charge >= 0.3 is 11.9 Å². The number of carbonyl (C=O) groups excluding carboxylic acids is 2. The third-order valence-electron chi connectivity index (χ3n) is 8.19. The van der Waals surface area contributed by atoms with Gasteiger partial charge in [-0.15, -0.1) is 11.6 Å². The summed E-state index contributed by atoms with van der Waals surface area (Å²) in [7, 11) is 0. The van der Waals surface area contributed by atoms with Crippen molar-refractivity contribution >= 4 is 23.5 Å². The maximum atomic E-state index is 12.2. The standard InChI is InChI=1S/C39H71ClO4/c1-3-5-7-9-11-13-15-17-19-21-23-25-27-29-31-33-38(41)43-36-37(35-40)44-39(42)34-32-30-28-26-24-22-20-18-16-14-12-10-8-6-4-2/h17-20,37H,3-16,21-36H2,1-2H3/t37-/m1/s1. The first-order valence-corrected chi connectivity index (χ1v) is 19.4. The summed E-state index contributed by atoms with van der Waals surface area (Å²) in [6.45, 7) is 4.57. The van der Waals surface area contributed by atoms with Crippen molar-refractivity contribution in [2.75, 3.05) is 12.5 Å². The lowest BCUT2D eigenvalue weighted by Gasteiger charge is -2.15. The van der Waals surface area contributed by atoms with Gasteiger partial charge in [-0.1, -0.05) is 141 Å². The Balaban J connectivity index is 3.58. The molecule has 0 saturated heterocycles. The molecule has 258 valence electrons. The van der Waals surface area contributed by atoms with Crippen molar-refractivity contribution in [2.45, 2.75) is 200 Å². The Bertz CT molecular complexity index is 675. The van der Waals surface area contributed by atoms with Crippen molar-refractivity contribution in [1.82, 2.24) is 0 Å². The van der Waals surface area contributed by atoms with Gasteiger partial charge in [0.2, 0.25) is 0 Å². The molecule has 0 saturated carbocycles. The predicted molar refractivity (Wildman–Crippen MR) is 190 cm³/mol. The highest BCUT2D eigenvalue weighted by atomic mass is 35.5. The fourth-order valence-electron chi connectivity index (χ4n) is 5.29. The highest BCUT2D eigenvalue weighted by Gasteiger charge is 2.16. The second-order valence-corrected chi connectivity index (χ2v) is 12.9. The van der Waals surface area contributed by atoms with Crippen molar-refractivity contribution in [3.05, 3.63) is 24.3 Å². The molecule has 1 atom stereocenters. The normalized spacial score (nSPS) is 12.3. The minimum absolute atomic E-state index is 0.0471. The summed E-state index contributed by atoms with van der Waals surface area (Å²) in [6, 6.07) is 0.